The molecule has 3 aliphatic carbocycles. The van der Waals surface area contributed by atoms with Crippen LogP contribution in [0.1, 0.15) is 59.8 Å². The first kappa shape index (κ1) is 13.2. The lowest BCUT2D eigenvalue weighted by Gasteiger charge is -2.57. The normalized spacial score (nSPS) is 46.0. The van der Waals surface area contributed by atoms with E-state index in [1.807, 2.05) is 0 Å². The molecule has 0 aliphatic heterocycles. The van der Waals surface area contributed by atoms with Gasteiger partial charge in [-0.15, -0.1) is 0 Å². The molecular weight excluding hydrogens is 228 g/mol. The van der Waals surface area contributed by atoms with Crippen LogP contribution in [0.25, 0.3) is 0 Å². The van der Waals surface area contributed by atoms with Crippen molar-refractivity contribution in [2.24, 2.45) is 22.7 Å². The molecule has 3 rings (SSSR count). The molecule has 19 heavy (non-hydrogen) atoms. The lowest BCUT2D eigenvalue weighted by molar-refractivity contribution is 0.0643. The van der Waals surface area contributed by atoms with Gasteiger partial charge in [0.15, 0.2) is 0 Å². The maximum Gasteiger partial charge on any atom is 0.00709 e. The first-order valence-corrected chi connectivity index (χ1v) is 7.94. The number of allylic oxidation sites excluding steroid dienone is 5. The Morgan fingerprint density at radius 3 is 2.74 bits per heavy atom. The van der Waals surface area contributed by atoms with E-state index in [4.69, 9.17) is 0 Å². The molecule has 0 bridgehead atoms. The smallest absolute Gasteiger partial charge is 0.00709 e. The zero-order valence-corrected chi connectivity index (χ0v) is 13.1. The van der Waals surface area contributed by atoms with Gasteiger partial charge in [-0.25, -0.2) is 0 Å². The molecule has 0 radical (unpaired) electrons. The van der Waals surface area contributed by atoms with Crippen LogP contribution in [0.2, 0.25) is 0 Å². The first-order chi connectivity index (χ1) is 8.87. The van der Waals surface area contributed by atoms with Crippen molar-refractivity contribution in [2.45, 2.75) is 59.8 Å². The molecule has 0 aromatic heterocycles. The predicted octanol–water partition coefficient (Wildman–Crippen LogP) is 5.67. The van der Waals surface area contributed by atoms with Gasteiger partial charge in [-0.05, 0) is 56.3 Å². The van der Waals surface area contributed by atoms with Crippen LogP contribution in [0.15, 0.2) is 35.5 Å². The zero-order valence-electron chi connectivity index (χ0n) is 13.1. The Bertz CT molecular complexity index is 478. The Hall–Kier alpha value is -0.780. The summed E-state index contributed by atoms with van der Waals surface area (Å²) in [7, 11) is 0. The van der Waals surface area contributed by atoms with E-state index in [1.165, 1.54) is 37.7 Å². The highest BCUT2D eigenvalue weighted by atomic mass is 14.6. The molecule has 4 atom stereocenters. The third-order valence-electron chi connectivity index (χ3n) is 6.43. The van der Waals surface area contributed by atoms with Crippen molar-refractivity contribution >= 4 is 0 Å². The average Bonchev–Trinajstić information content (AvgIpc) is 2.33. The van der Waals surface area contributed by atoms with Gasteiger partial charge in [0.2, 0.25) is 0 Å². The minimum Gasteiger partial charge on any atom is -0.0996 e. The second-order valence-corrected chi connectivity index (χ2v) is 7.74. The minimum absolute atomic E-state index is 0.339. The predicted molar refractivity (Wildman–Crippen MR) is 82.9 cm³/mol. The van der Waals surface area contributed by atoms with E-state index in [0.717, 1.165) is 5.92 Å². The van der Waals surface area contributed by atoms with Crippen molar-refractivity contribution < 1.29 is 0 Å². The Labute approximate surface area is 118 Å². The summed E-state index contributed by atoms with van der Waals surface area (Å²) >= 11 is 0. The van der Waals surface area contributed by atoms with E-state index in [2.05, 4.69) is 46.4 Å². The number of hydrogen-bond donors (Lipinski definition) is 0. The Kier molecular flexibility index (Phi) is 2.86. The molecule has 2 saturated carbocycles. The molecule has 0 aromatic carbocycles. The van der Waals surface area contributed by atoms with Crippen LogP contribution in [-0.4, -0.2) is 0 Å². The molecule has 0 nitrogen and oxygen atoms in total. The summed E-state index contributed by atoms with van der Waals surface area (Å²) in [5, 5.41) is 0. The van der Waals surface area contributed by atoms with Gasteiger partial charge in [0.1, 0.15) is 0 Å². The highest BCUT2D eigenvalue weighted by Crippen LogP contribution is 2.62. The van der Waals surface area contributed by atoms with E-state index in [-0.39, 0.29) is 0 Å². The maximum atomic E-state index is 4.32. The summed E-state index contributed by atoms with van der Waals surface area (Å²) in [6.45, 7) is 14.0. The fourth-order valence-electron chi connectivity index (χ4n) is 5.30. The average molecular weight is 256 g/mol. The Balaban J connectivity index is 2.03. The lowest BCUT2D eigenvalue weighted by atomic mass is 9.47. The van der Waals surface area contributed by atoms with Crippen LogP contribution in [-0.2, 0) is 0 Å². The van der Waals surface area contributed by atoms with E-state index < -0.39 is 0 Å². The molecule has 4 unspecified atom stereocenters. The Morgan fingerprint density at radius 2 is 2.00 bits per heavy atom. The van der Waals surface area contributed by atoms with Gasteiger partial charge in [0.05, 0.1) is 0 Å². The van der Waals surface area contributed by atoms with Crippen LogP contribution in [0.3, 0.4) is 0 Å². The van der Waals surface area contributed by atoms with Crippen molar-refractivity contribution in [1.82, 2.24) is 0 Å². The summed E-state index contributed by atoms with van der Waals surface area (Å²) in [5.74, 6) is 1.52. The van der Waals surface area contributed by atoms with Crippen molar-refractivity contribution in [1.29, 1.82) is 0 Å². The third-order valence-corrected chi connectivity index (χ3v) is 6.43. The molecule has 0 saturated heterocycles. The van der Waals surface area contributed by atoms with Crippen LogP contribution in [0.4, 0.5) is 0 Å². The molecular formula is C19H28. The van der Waals surface area contributed by atoms with Crippen molar-refractivity contribution in [3.05, 3.63) is 35.5 Å². The van der Waals surface area contributed by atoms with Crippen molar-refractivity contribution in [3.63, 3.8) is 0 Å². The summed E-state index contributed by atoms with van der Waals surface area (Å²) < 4.78 is 0. The van der Waals surface area contributed by atoms with Gasteiger partial charge >= 0.3 is 0 Å². The molecule has 3 aliphatic rings. The van der Waals surface area contributed by atoms with Gasteiger partial charge in [-0.1, -0.05) is 56.2 Å². The summed E-state index contributed by atoms with van der Waals surface area (Å²) in [4.78, 5) is 0. The highest BCUT2D eigenvalue weighted by Gasteiger charge is 2.52. The largest absolute Gasteiger partial charge is 0.0996 e. The second-order valence-electron chi connectivity index (χ2n) is 7.74. The number of rotatable bonds is 0. The van der Waals surface area contributed by atoms with Gasteiger partial charge < -0.3 is 0 Å². The standard InChI is InChI=1S/C19H28/c1-13-6-7-17-18(4,12-13)10-9-16-15(3)14(2)8-11-19(16,17)5/h7,12,15-16H,2,6,8-11H2,1,3-5H3. The number of hydrogen-bond acceptors (Lipinski definition) is 0. The monoisotopic (exact) mass is 256 g/mol. The quantitative estimate of drug-likeness (QED) is 0.490. The SMILES string of the molecule is C=C1CCC2(C)C3=CCC(C)=CC3(C)CCC2C1C. The molecule has 0 heterocycles. The van der Waals surface area contributed by atoms with Crippen molar-refractivity contribution in [2.75, 3.05) is 0 Å². The van der Waals surface area contributed by atoms with Gasteiger partial charge in [-0.2, -0.15) is 0 Å². The molecule has 2 fully saturated rings. The van der Waals surface area contributed by atoms with E-state index in [0.29, 0.717) is 16.7 Å². The molecule has 0 amide bonds. The first-order valence-electron chi connectivity index (χ1n) is 7.94. The zero-order chi connectivity index (χ0) is 13.8. The fraction of sp³-hybridized carbons (Fsp3) is 0.684. The fourth-order valence-corrected chi connectivity index (χ4v) is 5.30. The van der Waals surface area contributed by atoms with E-state index in [9.17, 15) is 0 Å². The lowest BCUT2D eigenvalue weighted by Crippen LogP contribution is -2.47. The van der Waals surface area contributed by atoms with E-state index in [1.54, 1.807) is 11.1 Å². The van der Waals surface area contributed by atoms with Crippen LogP contribution in [0, 0.1) is 22.7 Å². The molecule has 104 valence electrons. The maximum absolute atomic E-state index is 4.32. The van der Waals surface area contributed by atoms with Crippen LogP contribution < -0.4 is 0 Å². The van der Waals surface area contributed by atoms with Gasteiger partial charge in [-0.3, -0.25) is 0 Å². The van der Waals surface area contributed by atoms with Gasteiger partial charge in [0.25, 0.3) is 0 Å². The molecule has 0 N–H and O–H groups in total. The topological polar surface area (TPSA) is 0 Å². The van der Waals surface area contributed by atoms with Crippen molar-refractivity contribution in [3.8, 4) is 0 Å². The molecule has 0 aromatic rings. The Morgan fingerprint density at radius 1 is 1.26 bits per heavy atom. The van der Waals surface area contributed by atoms with Crippen LogP contribution >= 0.6 is 0 Å². The third kappa shape index (κ3) is 1.79. The van der Waals surface area contributed by atoms with E-state index >= 15 is 0 Å². The van der Waals surface area contributed by atoms with Crippen LogP contribution in [0.5, 0.6) is 0 Å². The summed E-state index contributed by atoms with van der Waals surface area (Å²) in [6.07, 6.45) is 11.5. The summed E-state index contributed by atoms with van der Waals surface area (Å²) in [5.41, 5.74) is 5.56. The summed E-state index contributed by atoms with van der Waals surface area (Å²) in [6, 6.07) is 0. The second kappa shape index (κ2) is 4.11. The molecule has 0 heteroatoms. The minimum atomic E-state index is 0.339. The number of fused-ring (bicyclic) bond motifs is 3. The highest BCUT2D eigenvalue weighted by molar-refractivity contribution is 5.38. The molecule has 0 spiro atoms. The van der Waals surface area contributed by atoms with Gasteiger partial charge in [0, 0.05) is 5.41 Å².